The van der Waals surface area contributed by atoms with Crippen LogP contribution in [0.4, 0.5) is 10.5 Å². The lowest BCUT2D eigenvalue weighted by Gasteiger charge is -2.01. The number of carbonyl (C=O) groups is 1. The molecule has 0 fully saturated rings. The summed E-state index contributed by atoms with van der Waals surface area (Å²) >= 11 is 3.08. The summed E-state index contributed by atoms with van der Waals surface area (Å²) in [6.45, 7) is 0. The first-order valence-electron chi connectivity index (χ1n) is 3.37. The third-order valence-corrected chi connectivity index (χ3v) is 1.76. The zero-order chi connectivity index (χ0) is 9.84. The first kappa shape index (κ1) is 9.79. The van der Waals surface area contributed by atoms with Crippen LogP contribution in [-0.4, -0.2) is 18.2 Å². The lowest BCUT2D eigenvalue weighted by Crippen LogP contribution is -2.19. The fraction of sp³-hybridized carbons (Fsp3) is 0.143. The van der Waals surface area contributed by atoms with E-state index in [4.69, 9.17) is 0 Å². The summed E-state index contributed by atoms with van der Waals surface area (Å²) in [5, 5.41) is 2.26. The van der Waals surface area contributed by atoms with Crippen LogP contribution in [0.25, 0.3) is 0 Å². The maximum atomic E-state index is 11.1. The second-order valence-corrected chi connectivity index (χ2v) is 3.02. The van der Waals surface area contributed by atoms with E-state index in [0.29, 0.717) is 4.60 Å². The third kappa shape index (κ3) is 2.59. The highest BCUT2D eigenvalue weighted by Gasteiger charge is 2.04. The first-order valence-corrected chi connectivity index (χ1v) is 4.16. The molecule has 6 heteroatoms. The van der Waals surface area contributed by atoms with Gasteiger partial charge in [-0.1, -0.05) is 0 Å². The molecule has 1 heterocycles. The molecule has 13 heavy (non-hydrogen) atoms. The van der Waals surface area contributed by atoms with Gasteiger partial charge in [0.15, 0.2) is 0 Å². The summed E-state index contributed by atoms with van der Waals surface area (Å²) < 4.78 is 4.87. The molecule has 70 valence electrons. The number of pyridine rings is 1. The predicted octanol–water partition coefficient (Wildman–Crippen LogP) is 1.32. The number of rotatable bonds is 1. The van der Waals surface area contributed by atoms with Crippen molar-refractivity contribution in [2.24, 2.45) is 0 Å². The molecule has 1 rings (SSSR count). The van der Waals surface area contributed by atoms with Crippen molar-refractivity contribution >= 4 is 27.7 Å². The molecule has 0 aliphatic heterocycles. The molecule has 0 saturated carbocycles. The number of ether oxygens (including phenoxy) is 1. The molecule has 0 aliphatic carbocycles. The van der Waals surface area contributed by atoms with Gasteiger partial charge in [0.25, 0.3) is 5.56 Å². The van der Waals surface area contributed by atoms with Crippen molar-refractivity contribution in [1.82, 2.24) is 4.98 Å². The second-order valence-electron chi connectivity index (χ2n) is 2.17. The zero-order valence-electron chi connectivity index (χ0n) is 6.76. The van der Waals surface area contributed by atoms with Crippen LogP contribution >= 0.6 is 15.9 Å². The fourth-order valence-corrected chi connectivity index (χ4v) is 1.02. The van der Waals surface area contributed by atoms with E-state index >= 15 is 0 Å². The minimum atomic E-state index is -0.673. The third-order valence-electron chi connectivity index (χ3n) is 1.30. The van der Waals surface area contributed by atoms with Crippen molar-refractivity contribution < 1.29 is 9.53 Å². The van der Waals surface area contributed by atoms with Gasteiger partial charge in [-0.2, -0.15) is 0 Å². The van der Waals surface area contributed by atoms with Gasteiger partial charge in [0, 0.05) is 0 Å². The van der Waals surface area contributed by atoms with Gasteiger partial charge in [0.2, 0.25) is 0 Å². The Labute approximate surface area is 82.2 Å². The summed E-state index contributed by atoms with van der Waals surface area (Å²) in [4.78, 5) is 24.3. The molecular formula is C7H7BrN2O3. The van der Waals surface area contributed by atoms with Crippen LogP contribution in [0.15, 0.2) is 21.5 Å². The molecule has 0 unspecified atom stereocenters. The van der Waals surface area contributed by atoms with Crippen LogP contribution in [0.5, 0.6) is 0 Å². The minimum Gasteiger partial charge on any atom is -0.453 e. The van der Waals surface area contributed by atoms with Crippen LogP contribution in [0, 0.1) is 0 Å². The smallest absolute Gasteiger partial charge is 0.411 e. The largest absolute Gasteiger partial charge is 0.453 e. The average Bonchev–Trinajstić information content (AvgIpc) is 2.09. The molecule has 0 radical (unpaired) electrons. The lowest BCUT2D eigenvalue weighted by molar-refractivity contribution is 0.187. The average molecular weight is 247 g/mol. The molecule has 1 aromatic heterocycles. The van der Waals surface area contributed by atoms with E-state index in [9.17, 15) is 9.59 Å². The van der Waals surface area contributed by atoms with Gasteiger partial charge in [-0.15, -0.1) is 0 Å². The van der Waals surface area contributed by atoms with Gasteiger partial charge in [-0.25, -0.2) is 4.79 Å². The Hall–Kier alpha value is -1.30. The van der Waals surface area contributed by atoms with E-state index in [0.717, 1.165) is 0 Å². The van der Waals surface area contributed by atoms with Crippen molar-refractivity contribution in [2.45, 2.75) is 0 Å². The highest BCUT2D eigenvalue weighted by molar-refractivity contribution is 9.10. The van der Waals surface area contributed by atoms with Gasteiger partial charge in [0.1, 0.15) is 5.69 Å². The zero-order valence-corrected chi connectivity index (χ0v) is 8.34. The van der Waals surface area contributed by atoms with Crippen LogP contribution in [0.3, 0.4) is 0 Å². The molecule has 0 saturated heterocycles. The Balaban J connectivity index is 2.90. The summed E-state index contributed by atoms with van der Waals surface area (Å²) in [5.74, 6) is 0. The Morgan fingerprint density at radius 3 is 2.85 bits per heavy atom. The van der Waals surface area contributed by atoms with Crippen molar-refractivity contribution in [3.8, 4) is 0 Å². The van der Waals surface area contributed by atoms with Gasteiger partial charge >= 0.3 is 6.09 Å². The van der Waals surface area contributed by atoms with E-state index < -0.39 is 6.09 Å². The number of anilines is 1. The molecule has 0 aliphatic rings. The normalized spacial score (nSPS) is 9.38. The summed E-state index contributed by atoms with van der Waals surface area (Å²) in [6, 6.07) is 3.08. The first-order chi connectivity index (χ1) is 6.13. The number of nitrogens with one attached hydrogen (secondary N) is 2. The standard InChI is InChI=1S/C7H7BrN2O3/c1-13-7(12)9-4-2-3-5(8)10-6(4)11/h2-3H,1H3,(H,9,12)(H,10,11). The minimum absolute atomic E-state index is 0.148. The number of amides is 1. The van der Waals surface area contributed by atoms with E-state index in [1.165, 1.54) is 13.2 Å². The van der Waals surface area contributed by atoms with Crippen molar-refractivity contribution in [3.63, 3.8) is 0 Å². The molecule has 1 amide bonds. The van der Waals surface area contributed by atoms with Gasteiger partial charge in [-0.05, 0) is 28.1 Å². The quantitative estimate of drug-likeness (QED) is 0.735. The summed E-state index contributed by atoms with van der Waals surface area (Å²) in [7, 11) is 1.22. The number of H-pyrrole nitrogens is 1. The highest BCUT2D eigenvalue weighted by Crippen LogP contribution is 2.05. The Morgan fingerprint density at radius 1 is 1.62 bits per heavy atom. The van der Waals surface area contributed by atoms with Crippen LogP contribution in [-0.2, 0) is 4.74 Å². The Kier molecular flexibility index (Phi) is 3.07. The van der Waals surface area contributed by atoms with Crippen LogP contribution < -0.4 is 10.9 Å². The summed E-state index contributed by atoms with van der Waals surface area (Å²) in [6.07, 6.45) is -0.673. The topological polar surface area (TPSA) is 71.2 Å². The Morgan fingerprint density at radius 2 is 2.31 bits per heavy atom. The second kappa shape index (κ2) is 4.08. The van der Waals surface area contributed by atoms with Gasteiger partial charge in [0.05, 0.1) is 11.7 Å². The van der Waals surface area contributed by atoms with E-state index in [2.05, 4.69) is 31.0 Å². The Bertz CT molecular complexity index is 374. The highest BCUT2D eigenvalue weighted by atomic mass is 79.9. The number of halogens is 1. The van der Waals surface area contributed by atoms with Crippen LogP contribution in [0.2, 0.25) is 0 Å². The number of hydrogen-bond donors (Lipinski definition) is 2. The van der Waals surface area contributed by atoms with E-state index in [1.54, 1.807) is 6.07 Å². The van der Waals surface area contributed by atoms with Crippen molar-refractivity contribution in [3.05, 3.63) is 27.1 Å². The lowest BCUT2D eigenvalue weighted by atomic mass is 10.4. The molecular weight excluding hydrogens is 240 g/mol. The molecule has 0 bridgehead atoms. The van der Waals surface area contributed by atoms with Gasteiger partial charge in [-0.3, -0.25) is 10.1 Å². The maximum absolute atomic E-state index is 11.1. The van der Waals surface area contributed by atoms with E-state index in [-0.39, 0.29) is 11.2 Å². The number of hydrogen-bond acceptors (Lipinski definition) is 3. The monoisotopic (exact) mass is 246 g/mol. The molecule has 2 N–H and O–H groups in total. The van der Waals surface area contributed by atoms with Crippen LogP contribution in [0.1, 0.15) is 0 Å². The maximum Gasteiger partial charge on any atom is 0.411 e. The molecule has 1 aromatic rings. The molecule has 0 atom stereocenters. The number of carbonyl (C=O) groups excluding carboxylic acids is 1. The predicted molar refractivity (Wildman–Crippen MR) is 50.8 cm³/mol. The van der Waals surface area contributed by atoms with E-state index in [1.807, 2.05) is 0 Å². The fourth-order valence-electron chi connectivity index (χ4n) is 0.709. The molecule has 0 aromatic carbocycles. The number of aromatic amines is 1. The summed E-state index contributed by atoms with van der Waals surface area (Å²) in [5.41, 5.74) is -0.241. The molecule has 5 nitrogen and oxygen atoms in total. The SMILES string of the molecule is COC(=O)Nc1ccc(Br)[nH]c1=O. The van der Waals surface area contributed by atoms with Crippen molar-refractivity contribution in [1.29, 1.82) is 0 Å². The molecule has 0 spiro atoms. The number of aromatic nitrogens is 1. The van der Waals surface area contributed by atoms with Crippen molar-refractivity contribution in [2.75, 3.05) is 12.4 Å². The number of methoxy groups -OCH3 is 1. The van der Waals surface area contributed by atoms with Gasteiger partial charge < -0.3 is 9.72 Å².